The Hall–Kier alpha value is -2.28. The lowest BCUT2D eigenvalue weighted by Crippen LogP contribution is -2.45. The van der Waals surface area contributed by atoms with Gasteiger partial charge in [-0.2, -0.15) is 0 Å². The second kappa shape index (κ2) is 8.39. The number of hydrogen-bond donors (Lipinski definition) is 1. The lowest BCUT2D eigenvalue weighted by molar-refractivity contribution is 0.0897. The van der Waals surface area contributed by atoms with Crippen molar-refractivity contribution in [1.82, 2.24) is 15.4 Å². The van der Waals surface area contributed by atoms with E-state index in [4.69, 9.17) is 4.52 Å². The number of piperidine rings is 1. The van der Waals surface area contributed by atoms with Crippen LogP contribution in [0, 0.1) is 17.6 Å². The van der Waals surface area contributed by atoms with Crippen molar-refractivity contribution >= 4 is 5.91 Å². The van der Waals surface area contributed by atoms with Crippen molar-refractivity contribution in [3.63, 3.8) is 0 Å². The summed E-state index contributed by atoms with van der Waals surface area (Å²) in [6.07, 6.45) is 7.24. The van der Waals surface area contributed by atoms with Gasteiger partial charge in [0.25, 0.3) is 5.91 Å². The zero-order valence-electron chi connectivity index (χ0n) is 15.8. The van der Waals surface area contributed by atoms with Crippen molar-refractivity contribution in [3.8, 4) is 11.3 Å². The van der Waals surface area contributed by atoms with Crippen LogP contribution < -0.4 is 5.32 Å². The highest BCUT2D eigenvalue weighted by molar-refractivity contribution is 5.93. The summed E-state index contributed by atoms with van der Waals surface area (Å²) >= 11 is 0. The molecule has 28 heavy (non-hydrogen) atoms. The van der Waals surface area contributed by atoms with Crippen LogP contribution >= 0.6 is 0 Å². The van der Waals surface area contributed by atoms with Gasteiger partial charge in [0, 0.05) is 37.8 Å². The molecule has 0 spiro atoms. The number of amides is 1. The lowest BCUT2D eigenvalue weighted by atomic mass is 10.0. The molecule has 7 heteroatoms. The van der Waals surface area contributed by atoms with Crippen LogP contribution in [0.3, 0.4) is 0 Å². The number of halogens is 2. The number of nitrogens with one attached hydrogen (secondary N) is 1. The minimum absolute atomic E-state index is 0.0770. The fourth-order valence-electron chi connectivity index (χ4n) is 4.28. The van der Waals surface area contributed by atoms with E-state index in [1.165, 1.54) is 44.4 Å². The van der Waals surface area contributed by atoms with Gasteiger partial charge in [0.1, 0.15) is 11.6 Å². The van der Waals surface area contributed by atoms with Gasteiger partial charge >= 0.3 is 0 Å². The third-order valence-electron chi connectivity index (χ3n) is 5.85. The molecular formula is C21H25F2N3O2. The molecule has 0 unspecified atom stereocenters. The molecule has 0 atom stereocenters. The first-order valence-electron chi connectivity index (χ1n) is 10.0. The Bertz CT molecular complexity index is 825. The van der Waals surface area contributed by atoms with E-state index < -0.39 is 11.6 Å². The highest BCUT2D eigenvalue weighted by Gasteiger charge is 2.25. The Morgan fingerprint density at radius 1 is 1.14 bits per heavy atom. The molecule has 1 amide bonds. The van der Waals surface area contributed by atoms with Crippen LogP contribution in [-0.2, 0) is 0 Å². The molecule has 2 aliphatic rings. The van der Waals surface area contributed by atoms with Crippen molar-refractivity contribution in [3.05, 3.63) is 41.6 Å². The predicted octanol–water partition coefficient (Wildman–Crippen LogP) is 4.00. The van der Waals surface area contributed by atoms with E-state index in [2.05, 4.69) is 15.4 Å². The smallest absolute Gasteiger partial charge is 0.273 e. The van der Waals surface area contributed by atoms with Gasteiger partial charge in [0.2, 0.25) is 0 Å². The van der Waals surface area contributed by atoms with E-state index in [1.54, 1.807) is 0 Å². The second-order valence-electron chi connectivity index (χ2n) is 7.90. The van der Waals surface area contributed by atoms with Gasteiger partial charge in [-0.05, 0) is 43.7 Å². The average molecular weight is 389 g/mol. The van der Waals surface area contributed by atoms with Gasteiger partial charge in [0.05, 0.1) is 5.56 Å². The zero-order valence-corrected chi connectivity index (χ0v) is 15.8. The SMILES string of the molecule is O=C(NC1CCN(CC2CCCC2)CC1)c1cc(-c2ccc(F)cc2F)on1. The summed E-state index contributed by atoms with van der Waals surface area (Å²) in [5, 5.41) is 6.74. The quantitative estimate of drug-likeness (QED) is 0.840. The Morgan fingerprint density at radius 3 is 2.61 bits per heavy atom. The molecule has 150 valence electrons. The number of benzene rings is 1. The summed E-state index contributed by atoms with van der Waals surface area (Å²) in [6, 6.07) is 4.68. The number of rotatable bonds is 5. The summed E-state index contributed by atoms with van der Waals surface area (Å²) in [5.74, 6) is -0.803. The first kappa shape index (κ1) is 19.1. The molecule has 2 aromatic rings. The van der Waals surface area contributed by atoms with Crippen molar-refractivity contribution in [2.45, 2.75) is 44.6 Å². The monoisotopic (exact) mass is 389 g/mol. The molecule has 4 rings (SSSR count). The number of hydrogen-bond acceptors (Lipinski definition) is 4. The lowest BCUT2D eigenvalue weighted by Gasteiger charge is -2.33. The summed E-state index contributed by atoms with van der Waals surface area (Å²) in [6.45, 7) is 3.16. The summed E-state index contributed by atoms with van der Waals surface area (Å²) in [7, 11) is 0. The van der Waals surface area contributed by atoms with Crippen molar-refractivity contribution in [2.75, 3.05) is 19.6 Å². The van der Waals surface area contributed by atoms with E-state index in [-0.39, 0.29) is 29.0 Å². The third-order valence-corrected chi connectivity index (χ3v) is 5.85. The van der Waals surface area contributed by atoms with Crippen LogP contribution in [0.15, 0.2) is 28.8 Å². The van der Waals surface area contributed by atoms with E-state index in [1.807, 2.05) is 0 Å². The molecule has 2 fully saturated rings. The highest BCUT2D eigenvalue weighted by Crippen LogP contribution is 2.27. The topological polar surface area (TPSA) is 58.4 Å². The van der Waals surface area contributed by atoms with E-state index in [0.29, 0.717) is 0 Å². The van der Waals surface area contributed by atoms with Crippen LogP contribution in [0.5, 0.6) is 0 Å². The molecule has 1 aliphatic carbocycles. The van der Waals surface area contributed by atoms with Crippen molar-refractivity contribution in [2.24, 2.45) is 5.92 Å². The minimum atomic E-state index is -0.752. The molecule has 1 aliphatic heterocycles. The maximum absolute atomic E-state index is 13.9. The second-order valence-corrected chi connectivity index (χ2v) is 7.90. The molecule has 0 radical (unpaired) electrons. The number of carbonyl (C=O) groups is 1. The maximum atomic E-state index is 13.9. The van der Waals surface area contributed by atoms with Gasteiger partial charge in [-0.3, -0.25) is 4.79 Å². The summed E-state index contributed by atoms with van der Waals surface area (Å²) in [4.78, 5) is 15.0. The fourth-order valence-corrected chi connectivity index (χ4v) is 4.28. The molecule has 1 aromatic carbocycles. The summed E-state index contributed by atoms with van der Waals surface area (Å²) < 4.78 is 32.0. The number of nitrogens with zero attached hydrogens (tertiary/aromatic N) is 2. The minimum Gasteiger partial charge on any atom is -0.355 e. The molecule has 5 nitrogen and oxygen atoms in total. The predicted molar refractivity (Wildman–Crippen MR) is 101 cm³/mol. The molecule has 1 aromatic heterocycles. The van der Waals surface area contributed by atoms with Crippen molar-refractivity contribution in [1.29, 1.82) is 0 Å². The molecule has 1 saturated carbocycles. The van der Waals surface area contributed by atoms with Crippen LogP contribution in [0.25, 0.3) is 11.3 Å². The van der Waals surface area contributed by atoms with E-state index in [9.17, 15) is 13.6 Å². The molecule has 0 bridgehead atoms. The van der Waals surface area contributed by atoms with Gasteiger partial charge in [-0.15, -0.1) is 0 Å². The first-order valence-corrected chi connectivity index (χ1v) is 10.0. The van der Waals surface area contributed by atoms with Gasteiger partial charge in [-0.25, -0.2) is 8.78 Å². The standard InChI is InChI=1S/C21H25F2N3O2/c22-15-5-6-17(18(23)11-15)20-12-19(25-28-20)21(27)24-16-7-9-26(10-8-16)13-14-3-1-2-4-14/h5-6,11-12,14,16H,1-4,7-10,13H2,(H,24,27). The Kier molecular flexibility index (Phi) is 5.71. The van der Waals surface area contributed by atoms with Crippen LogP contribution in [0.1, 0.15) is 49.0 Å². The first-order chi connectivity index (χ1) is 13.6. The molecule has 1 N–H and O–H groups in total. The normalized spacial score (nSPS) is 19.2. The van der Waals surface area contributed by atoms with Gasteiger partial charge in [-0.1, -0.05) is 18.0 Å². The Labute approximate surface area is 163 Å². The zero-order chi connectivity index (χ0) is 19.5. The van der Waals surface area contributed by atoms with Crippen LogP contribution in [0.2, 0.25) is 0 Å². The largest absolute Gasteiger partial charge is 0.355 e. The molecule has 2 heterocycles. The third kappa shape index (κ3) is 4.41. The molecular weight excluding hydrogens is 364 g/mol. The van der Waals surface area contributed by atoms with Crippen LogP contribution in [-0.4, -0.2) is 41.6 Å². The highest BCUT2D eigenvalue weighted by atomic mass is 19.1. The van der Waals surface area contributed by atoms with Crippen molar-refractivity contribution < 1.29 is 18.1 Å². The maximum Gasteiger partial charge on any atom is 0.273 e. The number of carbonyl (C=O) groups excluding carboxylic acids is 1. The molecule has 1 saturated heterocycles. The Morgan fingerprint density at radius 2 is 1.89 bits per heavy atom. The van der Waals surface area contributed by atoms with E-state index >= 15 is 0 Å². The van der Waals surface area contributed by atoms with Gasteiger partial charge in [0.15, 0.2) is 11.5 Å². The van der Waals surface area contributed by atoms with Crippen LogP contribution in [0.4, 0.5) is 8.78 Å². The van der Waals surface area contributed by atoms with Gasteiger partial charge < -0.3 is 14.7 Å². The number of likely N-dealkylation sites (tertiary alicyclic amines) is 1. The summed E-state index contributed by atoms with van der Waals surface area (Å²) in [5.41, 5.74) is 0.181. The number of aromatic nitrogens is 1. The fraction of sp³-hybridized carbons (Fsp3) is 0.524. The van der Waals surface area contributed by atoms with E-state index in [0.717, 1.165) is 44.0 Å². The average Bonchev–Trinajstić information content (AvgIpc) is 3.35. The Balaban J connectivity index is 1.30.